The van der Waals surface area contributed by atoms with Crippen LogP contribution in [-0.2, 0) is 6.54 Å². The number of hydrogen-bond donors (Lipinski definition) is 1. The van der Waals surface area contributed by atoms with Gasteiger partial charge in [-0.3, -0.25) is 4.98 Å². The zero-order valence-corrected chi connectivity index (χ0v) is 12.6. The average molecular weight is 320 g/mol. The van der Waals surface area contributed by atoms with Crippen LogP contribution in [-0.4, -0.2) is 16.6 Å². The molecular formula is C15H18BrN3. The number of nitrogens with zero attached hydrogens (tertiary/aromatic N) is 2. The van der Waals surface area contributed by atoms with Crippen LogP contribution < -0.4 is 5.32 Å². The molecule has 2 aromatic rings. The highest BCUT2D eigenvalue weighted by Gasteiger charge is 2.31. The topological polar surface area (TPSA) is 29.9 Å². The monoisotopic (exact) mass is 319 g/mol. The van der Waals surface area contributed by atoms with Crippen molar-refractivity contribution in [3.63, 3.8) is 0 Å². The summed E-state index contributed by atoms with van der Waals surface area (Å²) < 4.78 is 3.23. The summed E-state index contributed by atoms with van der Waals surface area (Å²) in [5, 5.41) is 3.43. The third-order valence-electron chi connectivity index (χ3n) is 3.67. The molecule has 1 N–H and O–H groups in total. The van der Waals surface area contributed by atoms with Gasteiger partial charge in [0.15, 0.2) is 0 Å². The van der Waals surface area contributed by atoms with Crippen molar-refractivity contribution in [2.75, 3.05) is 7.05 Å². The predicted octanol–water partition coefficient (Wildman–Crippen LogP) is 3.36. The lowest BCUT2D eigenvalue weighted by molar-refractivity contribution is 0.528. The fourth-order valence-electron chi connectivity index (χ4n) is 2.53. The number of pyridine rings is 1. The SMILES string of the molecule is CNC(c1ccn(Cc2ccc(Br)cn2)c1)C1CC1. The van der Waals surface area contributed by atoms with Crippen molar-refractivity contribution in [2.24, 2.45) is 5.92 Å². The van der Waals surface area contributed by atoms with Gasteiger partial charge >= 0.3 is 0 Å². The molecule has 1 unspecified atom stereocenters. The molecule has 0 amide bonds. The van der Waals surface area contributed by atoms with Gasteiger partial charge in [0.25, 0.3) is 0 Å². The fraction of sp³-hybridized carbons (Fsp3) is 0.400. The molecule has 1 aliphatic carbocycles. The van der Waals surface area contributed by atoms with Crippen molar-refractivity contribution >= 4 is 15.9 Å². The van der Waals surface area contributed by atoms with Crippen LogP contribution in [0.25, 0.3) is 0 Å². The highest BCUT2D eigenvalue weighted by molar-refractivity contribution is 9.10. The van der Waals surface area contributed by atoms with E-state index in [0.29, 0.717) is 6.04 Å². The van der Waals surface area contributed by atoms with E-state index in [1.165, 1.54) is 18.4 Å². The first-order valence-corrected chi connectivity index (χ1v) is 7.49. The van der Waals surface area contributed by atoms with Crippen LogP contribution >= 0.6 is 15.9 Å². The van der Waals surface area contributed by atoms with Crippen LogP contribution in [0.2, 0.25) is 0 Å². The summed E-state index contributed by atoms with van der Waals surface area (Å²) in [6, 6.07) is 6.82. The Hall–Kier alpha value is -1.13. The van der Waals surface area contributed by atoms with Gasteiger partial charge in [0.05, 0.1) is 12.2 Å². The van der Waals surface area contributed by atoms with Crippen molar-refractivity contribution in [1.82, 2.24) is 14.9 Å². The lowest BCUT2D eigenvalue weighted by Gasteiger charge is -2.13. The van der Waals surface area contributed by atoms with E-state index in [-0.39, 0.29) is 0 Å². The molecule has 4 heteroatoms. The van der Waals surface area contributed by atoms with E-state index in [9.17, 15) is 0 Å². The van der Waals surface area contributed by atoms with Gasteiger partial charge in [0, 0.05) is 29.1 Å². The van der Waals surface area contributed by atoms with Crippen molar-refractivity contribution in [2.45, 2.75) is 25.4 Å². The largest absolute Gasteiger partial charge is 0.348 e. The molecule has 100 valence electrons. The normalized spacial score (nSPS) is 16.5. The van der Waals surface area contributed by atoms with Crippen LogP contribution in [0.4, 0.5) is 0 Å². The van der Waals surface area contributed by atoms with E-state index >= 15 is 0 Å². The Morgan fingerprint density at radius 1 is 1.42 bits per heavy atom. The minimum Gasteiger partial charge on any atom is -0.348 e. The van der Waals surface area contributed by atoms with E-state index in [0.717, 1.165) is 22.6 Å². The summed E-state index contributed by atoms with van der Waals surface area (Å²) >= 11 is 3.41. The highest BCUT2D eigenvalue weighted by atomic mass is 79.9. The molecule has 0 bridgehead atoms. The van der Waals surface area contributed by atoms with Gasteiger partial charge in [-0.2, -0.15) is 0 Å². The number of halogens is 1. The van der Waals surface area contributed by atoms with E-state index in [1.54, 1.807) is 0 Å². The molecule has 0 spiro atoms. The maximum atomic E-state index is 4.41. The van der Waals surface area contributed by atoms with Crippen molar-refractivity contribution in [3.05, 3.63) is 52.5 Å². The second kappa shape index (κ2) is 5.47. The molecule has 0 saturated heterocycles. The summed E-state index contributed by atoms with van der Waals surface area (Å²) in [7, 11) is 2.05. The average Bonchev–Trinajstić information content (AvgIpc) is 3.14. The molecule has 1 aliphatic rings. The molecule has 1 atom stereocenters. The van der Waals surface area contributed by atoms with E-state index in [1.807, 2.05) is 12.3 Å². The Morgan fingerprint density at radius 3 is 2.89 bits per heavy atom. The molecule has 1 saturated carbocycles. The Balaban J connectivity index is 1.72. The zero-order chi connectivity index (χ0) is 13.2. The summed E-state index contributed by atoms with van der Waals surface area (Å²) in [4.78, 5) is 4.41. The van der Waals surface area contributed by atoms with E-state index < -0.39 is 0 Å². The first-order valence-electron chi connectivity index (χ1n) is 6.69. The minimum absolute atomic E-state index is 0.513. The first-order chi connectivity index (χ1) is 9.26. The van der Waals surface area contributed by atoms with E-state index in [2.05, 4.69) is 62.4 Å². The lowest BCUT2D eigenvalue weighted by Crippen LogP contribution is -2.17. The van der Waals surface area contributed by atoms with Crippen LogP contribution in [0, 0.1) is 5.92 Å². The van der Waals surface area contributed by atoms with Crippen LogP contribution in [0.1, 0.15) is 30.1 Å². The van der Waals surface area contributed by atoms with Gasteiger partial charge in [0.1, 0.15) is 0 Å². The van der Waals surface area contributed by atoms with Gasteiger partial charge in [-0.1, -0.05) is 0 Å². The third kappa shape index (κ3) is 3.07. The number of hydrogen-bond acceptors (Lipinski definition) is 2. The molecule has 2 heterocycles. The van der Waals surface area contributed by atoms with Crippen molar-refractivity contribution in [3.8, 4) is 0 Å². The second-order valence-electron chi connectivity index (χ2n) is 5.19. The quantitative estimate of drug-likeness (QED) is 0.915. The van der Waals surface area contributed by atoms with Gasteiger partial charge in [-0.15, -0.1) is 0 Å². The van der Waals surface area contributed by atoms with Crippen molar-refractivity contribution < 1.29 is 0 Å². The van der Waals surface area contributed by atoms with Gasteiger partial charge in [0.2, 0.25) is 0 Å². The summed E-state index contributed by atoms with van der Waals surface area (Å²) in [5.41, 5.74) is 2.47. The smallest absolute Gasteiger partial charge is 0.0642 e. The molecule has 3 rings (SSSR count). The molecule has 0 aliphatic heterocycles. The second-order valence-corrected chi connectivity index (χ2v) is 6.10. The molecule has 19 heavy (non-hydrogen) atoms. The summed E-state index contributed by atoms with van der Waals surface area (Å²) in [6.07, 6.45) is 8.94. The molecule has 3 nitrogen and oxygen atoms in total. The molecule has 2 aromatic heterocycles. The third-order valence-corrected chi connectivity index (χ3v) is 4.14. The molecule has 1 fully saturated rings. The maximum Gasteiger partial charge on any atom is 0.0642 e. The van der Waals surface area contributed by atoms with Gasteiger partial charge < -0.3 is 9.88 Å². The van der Waals surface area contributed by atoms with Gasteiger partial charge in [-0.05, 0) is 65.5 Å². The van der Waals surface area contributed by atoms with Crippen LogP contribution in [0.15, 0.2) is 41.3 Å². The predicted molar refractivity (Wildman–Crippen MR) is 80.0 cm³/mol. The van der Waals surface area contributed by atoms with Crippen LogP contribution in [0.3, 0.4) is 0 Å². The van der Waals surface area contributed by atoms with Crippen LogP contribution in [0.5, 0.6) is 0 Å². The Bertz CT molecular complexity index is 543. The maximum absolute atomic E-state index is 4.41. The number of rotatable bonds is 5. The molecule has 0 radical (unpaired) electrons. The van der Waals surface area contributed by atoms with Crippen molar-refractivity contribution in [1.29, 1.82) is 0 Å². The lowest BCUT2D eigenvalue weighted by atomic mass is 10.1. The molecular weight excluding hydrogens is 302 g/mol. The molecule has 0 aromatic carbocycles. The standard InChI is InChI=1S/C15H18BrN3/c1-17-15(11-2-3-11)12-6-7-19(9-12)10-14-5-4-13(16)8-18-14/h4-9,11,15,17H,2-3,10H2,1H3. The zero-order valence-electron chi connectivity index (χ0n) is 11.0. The van der Waals surface area contributed by atoms with E-state index in [4.69, 9.17) is 0 Å². The summed E-state index contributed by atoms with van der Waals surface area (Å²) in [5.74, 6) is 0.826. The number of nitrogens with one attached hydrogen (secondary N) is 1. The Labute approximate surface area is 122 Å². The van der Waals surface area contributed by atoms with Gasteiger partial charge in [-0.25, -0.2) is 0 Å². The Kier molecular flexibility index (Phi) is 3.71. The highest BCUT2D eigenvalue weighted by Crippen LogP contribution is 2.40. The first kappa shape index (κ1) is 12.9. The fourth-order valence-corrected chi connectivity index (χ4v) is 2.77. The number of aromatic nitrogens is 2. The summed E-state index contributed by atoms with van der Waals surface area (Å²) in [6.45, 7) is 0.828. The minimum atomic E-state index is 0.513. The Morgan fingerprint density at radius 2 is 2.26 bits per heavy atom.